The Kier molecular flexibility index (Phi) is 7.44. The van der Waals surface area contributed by atoms with Gasteiger partial charge in [0.25, 0.3) is 5.69 Å². The molecule has 2 fully saturated rings. The lowest BCUT2D eigenvalue weighted by Crippen LogP contribution is -2.46. The van der Waals surface area contributed by atoms with Gasteiger partial charge in [0, 0.05) is 60.3 Å². The van der Waals surface area contributed by atoms with Gasteiger partial charge in [0.15, 0.2) is 5.79 Å². The van der Waals surface area contributed by atoms with Gasteiger partial charge in [-0.1, -0.05) is 29.3 Å². The van der Waals surface area contributed by atoms with E-state index in [1.807, 2.05) is 37.3 Å². The number of hydrogen-bond donors (Lipinski definition) is 0. The molecule has 0 spiro atoms. The number of piperazine rings is 1. The van der Waals surface area contributed by atoms with Crippen molar-refractivity contribution < 1.29 is 19.1 Å². The summed E-state index contributed by atoms with van der Waals surface area (Å²) in [5.41, 5.74) is 2.97. The van der Waals surface area contributed by atoms with Gasteiger partial charge in [-0.3, -0.25) is 10.1 Å². The Morgan fingerprint density at radius 3 is 2.14 bits per heavy atom. The van der Waals surface area contributed by atoms with E-state index in [-0.39, 0.29) is 16.7 Å². The Bertz CT molecular complexity index is 1250. The zero-order chi connectivity index (χ0) is 26.0. The highest BCUT2D eigenvalue weighted by Crippen LogP contribution is 2.38. The molecule has 0 N–H and O–H groups in total. The molecule has 2 aliphatic rings. The number of nitrogens with zero attached hydrogens (tertiary/aromatic N) is 3. The SMILES string of the molecule is CC1(c2ccc(Cl)cc2Cl)OCC(COc2ccc(N3CCN(c4ccc([N+](=O)[O-])cc4)CC3)cc2)O1. The Hall–Kier alpha value is -3.04. The zero-order valence-corrected chi connectivity index (χ0v) is 21.8. The highest BCUT2D eigenvalue weighted by atomic mass is 35.5. The van der Waals surface area contributed by atoms with E-state index < -0.39 is 5.79 Å². The molecule has 3 aromatic carbocycles. The fourth-order valence-electron chi connectivity index (χ4n) is 4.67. The number of hydrogen-bond acceptors (Lipinski definition) is 7. The number of non-ortho nitro benzene ring substituents is 1. The van der Waals surface area contributed by atoms with E-state index in [1.165, 1.54) is 0 Å². The summed E-state index contributed by atoms with van der Waals surface area (Å²) in [6.45, 7) is 5.99. The number of benzene rings is 3. The number of anilines is 2. The Morgan fingerprint density at radius 2 is 1.57 bits per heavy atom. The summed E-state index contributed by atoms with van der Waals surface area (Å²) in [7, 11) is 0. The summed E-state index contributed by atoms with van der Waals surface area (Å²) in [6.07, 6.45) is -0.232. The summed E-state index contributed by atoms with van der Waals surface area (Å²) in [5, 5.41) is 11.9. The maximum absolute atomic E-state index is 10.9. The Labute approximate surface area is 225 Å². The number of rotatable bonds is 7. The average molecular weight is 544 g/mol. The molecule has 0 radical (unpaired) electrons. The monoisotopic (exact) mass is 543 g/mol. The van der Waals surface area contributed by atoms with Crippen LogP contribution in [-0.2, 0) is 15.3 Å². The molecule has 2 aliphatic heterocycles. The van der Waals surface area contributed by atoms with Crippen LogP contribution in [0.1, 0.15) is 12.5 Å². The van der Waals surface area contributed by atoms with Crippen LogP contribution in [0.4, 0.5) is 17.1 Å². The van der Waals surface area contributed by atoms with Gasteiger partial charge in [0.2, 0.25) is 0 Å². The van der Waals surface area contributed by atoms with Gasteiger partial charge < -0.3 is 24.0 Å². The average Bonchev–Trinajstić information content (AvgIpc) is 3.29. The van der Waals surface area contributed by atoms with Gasteiger partial charge in [0.05, 0.1) is 16.6 Å². The molecule has 0 bridgehead atoms. The number of ether oxygens (including phenoxy) is 3. The van der Waals surface area contributed by atoms with Crippen LogP contribution in [0.25, 0.3) is 0 Å². The van der Waals surface area contributed by atoms with E-state index in [9.17, 15) is 10.1 Å². The lowest BCUT2D eigenvalue weighted by Gasteiger charge is -2.37. The largest absolute Gasteiger partial charge is 0.491 e. The van der Waals surface area contributed by atoms with Crippen LogP contribution < -0.4 is 14.5 Å². The van der Waals surface area contributed by atoms with Crippen molar-refractivity contribution in [2.45, 2.75) is 18.8 Å². The van der Waals surface area contributed by atoms with E-state index in [1.54, 1.807) is 24.3 Å². The van der Waals surface area contributed by atoms with Crippen LogP contribution in [-0.4, -0.2) is 50.4 Å². The van der Waals surface area contributed by atoms with Crippen molar-refractivity contribution in [1.29, 1.82) is 0 Å². The van der Waals surface area contributed by atoms with Crippen molar-refractivity contribution in [3.8, 4) is 5.75 Å². The third-order valence-corrected chi connectivity index (χ3v) is 7.25. The molecule has 194 valence electrons. The molecule has 2 unspecified atom stereocenters. The maximum atomic E-state index is 10.9. The second-order valence-electron chi connectivity index (χ2n) is 9.17. The fourth-order valence-corrected chi connectivity index (χ4v) is 5.25. The third kappa shape index (κ3) is 5.78. The van der Waals surface area contributed by atoms with E-state index >= 15 is 0 Å². The summed E-state index contributed by atoms with van der Waals surface area (Å²) in [6, 6.07) is 20.0. The minimum Gasteiger partial charge on any atom is -0.491 e. The predicted octanol–water partition coefficient (Wildman–Crippen LogP) is 5.90. The van der Waals surface area contributed by atoms with Crippen molar-refractivity contribution in [2.75, 3.05) is 49.2 Å². The second kappa shape index (κ2) is 10.8. The molecule has 8 nitrogen and oxygen atoms in total. The summed E-state index contributed by atoms with van der Waals surface area (Å²) < 4.78 is 18.1. The van der Waals surface area contributed by atoms with Gasteiger partial charge >= 0.3 is 0 Å². The number of halogens is 2. The van der Waals surface area contributed by atoms with Crippen LogP contribution in [0.2, 0.25) is 10.0 Å². The molecule has 0 aliphatic carbocycles. The normalized spacial score (nSPS) is 21.8. The Balaban J connectivity index is 1.11. The highest BCUT2D eigenvalue weighted by molar-refractivity contribution is 6.35. The lowest BCUT2D eigenvalue weighted by molar-refractivity contribution is -0.384. The van der Waals surface area contributed by atoms with Crippen LogP contribution >= 0.6 is 23.2 Å². The van der Waals surface area contributed by atoms with E-state index in [4.69, 9.17) is 37.4 Å². The van der Waals surface area contributed by atoms with E-state index in [0.717, 1.165) is 48.9 Å². The molecule has 2 atom stereocenters. The number of nitro benzene ring substituents is 1. The quantitative estimate of drug-likeness (QED) is 0.271. The zero-order valence-electron chi connectivity index (χ0n) is 20.3. The lowest BCUT2D eigenvalue weighted by atomic mass is 10.1. The first kappa shape index (κ1) is 25.6. The molecule has 2 heterocycles. The molecule has 3 aromatic rings. The Morgan fingerprint density at radius 1 is 0.973 bits per heavy atom. The molecule has 0 aromatic heterocycles. The first-order chi connectivity index (χ1) is 17.8. The minimum atomic E-state index is -0.948. The minimum absolute atomic E-state index is 0.108. The van der Waals surface area contributed by atoms with Crippen molar-refractivity contribution in [3.63, 3.8) is 0 Å². The molecule has 0 amide bonds. The first-order valence-corrected chi connectivity index (χ1v) is 12.8. The third-order valence-electron chi connectivity index (χ3n) is 6.70. The van der Waals surface area contributed by atoms with Gasteiger partial charge in [0.1, 0.15) is 18.5 Å². The highest BCUT2D eigenvalue weighted by Gasteiger charge is 2.40. The molecule has 37 heavy (non-hydrogen) atoms. The summed E-state index contributed by atoms with van der Waals surface area (Å²) >= 11 is 12.4. The summed E-state index contributed by atoms with van der Waals surface area (Å²) in [5.74, 6) is -0.189. The number of nitro groups is 1. The smallest absolute Gasteiger partial charge is 0.269 e. The van der Waals surface area contributed by atoms with Crippen LogP contribution in [0.3, 0.4) is 0 Å². The van der Waals surface area contributed by atoms with Crippen LogP contribution in [0, 0.1) is 10.1 Å². The molecule has 10 heteroatoms. The van der Waals surface area contributed by atoms with E-state index in [0.29, 0.717) is 23.3 Å². The topological polar surface area (TPSA) is 77.3 Å². The van der Waals surface area contributed by atoms with Crippen molar-refractivity contribution in [3.05, 3.63) is 92.5 Å². The molecular formula is C27H27Cl2N3O5. The van der Waals surface area contributed by atoms with E-state index in [2.05, 4.69) is 21.9 Å². The van der Waals surface area contributed by atoms with Crippen molar-refractivity contribution in [2.24, 2.45) is 0 Å². The molecular weight excluding hydrogens is 517 g/mol. The summed E-state index contributed by atoms with van der Waals surface area (Å²) in [4.78, 5) is 15.1. The van der Waals surface area contributed by atoms with Gasteiger partial charge in [-0.2, -0.15) is 0 Å². The molecule has 5 rings (SSSR count). The van der Waals surface area contributed by atoms with Gasteiger partial charge in [-0.05, 0) is 55.5 Å². The first-order valence-electron chi connectivity index (χ1n) is 12.1. The van der Waals surface area contributed by atoms with Crippen molar-refractivity contribution >= 4 is 40.3 Å². The molecule has 0 saturated carbocycles. The van der Waals surface area contributed by atoms with Gasteiger partial charge in [-0.15, -0.1) is 0 Å². The van der Waals surface area contributed by atoms with Crippen LogP contribution in [0.5, 0.6) is 5.75 Å². The van der Waals surface area contributed by atoms with Gasteiger partial charge in [-0.25, -0.2) is 0 Å². The van der Waals surface area contributed by atoms with Crippen molar-refractivity contribution in [1.82, 2.24) is 0 Å². The maximum Gasteiger partial charge on any atom is 0.269 e. The predicted molar refractivity (Wildman–Crippen MR) is 144 cm³/mol. The molecule has 2 saturated heterocycles. The second-order valence-corrected chi connectivity index (χ2v) is 10.0. The van der Waals surface area contributed by atoms with Crippen LogP contribution in [0.15, 0.2) is 66.7 Å². The fraction of sp³-hybridized carbons (Fsp3) is 0.333. The standard InChI is InChI=1S/C27H27Cl2N3O5/c1-27(25-11-2-19(28)16-26(25)29)36-18-24(37-27)17-35-23-9-7-21(8-10-23)31-14-12-30(13-15-31)20-3-5-22(6-4-20)32(33)34/h2-11,16,24H,12-15,17-18H2,1H3.